The second-order valence-corrected chi connectivity index (χ2v) is 6.05. The minimum atomic E-state index is -0.438. The zero-order chi connectivity index (χ0) is 15.3. The van der Waals surface area contributed by atoms with Crippen LogP contribution in [0, 0.1) is 18.8 Å². The number of carbonyl (C=O) groups excluding carboxylic acids is 2. The number of ether oxygens (including phenoxy) is 1. The molecule has 0 aliphatic rings. The Balaban J connectivity index is 2.89. The Labute approximate surface area is 123 Å². The number of amides is 1. The molecule has 0 aliphatic carbocycles. The predicted molar refractivity (Wildman–Crippen MR) is 81.0 cm³/mol. The van der Waals surface area contributed by atoms with Crippen LogP contribution in [0.3, 0.4) is 0 Å². The van der Waals surface area contributed by atoms with Crippen molar-refractivity contribution in [2.24, 2.45) is 17.6 Å². The highest BCUT2D eigenvalue weighted by Gasteiger charge is 2.23. The lowest BCUT2D eigenvalue weighted by Gasteiger charge is -2.17. The molecular formula is C14H22N2O3S. The Kier molecular flexibility index (Phi) is 6.16. The summed E-state index contributed by atoms with van der Waals surface area (Å²) >= 11 is 1.26. The van der Waals surface area contributed by atoms with Crippen LogP contribution < -0.4 is 11.1 Å². The molecule has 0 bridgehead atoms. The number of hydrogen-bond acceptors (Lipinski definition) is 5. The number of carbonyl (C=O) groups is 2. The van der Waals surface area contributed by atoms with Gasteiger partial charge < -0.3 is 15.8 Å². The van der Waals surface area contributed by atoms with Crippen molar-refractivity contribution in [2.75, 3.05) is 19.0 Å². The highest BCUT2D eigenvalue weighted by atomic mass is 32.1. The SMILES string of the molecule is COC(=O)c1scc(C)c1NC(=O)C(CN)CC(C)C. The average Bonchev–Trinajstić information content (AvgIpc) is 2.76. The highest BCUT2D eigenvalue weighted by molar-refractivity contribution is 7.12. The van der Waals surface area contributed by atoms with Crippen LogP contribution in [0.4, 0.5) is 5.69 Å². The van der Waals surface area contributed by atoms with E-state index in [0.717, 1.165) is 12.0 Å². The largest absolute Gasteiger partial charge is 0.465 e. The Morgan fingerprint density at radius 3 is 2.60 bits per heavy atom. The van der Waals surface area contributed by atoms with Crippen LogP contribution in [0.15, 0.2) is 5.38 Å². The van der Waals surface area contributed by atoms with Gasteiger partial charge in [0, 0.05) is 6.54 Å². The zero-order valence-corrected chi connectivity index (χ0v) is 13.2. The van der Waals surface area contributed by atoms with Gasteiger partial charge in [0.15, 0.2) is 0 Å². The number of rotatable bonds is 6. The molecule has 1 amide bonds. The van der Waals surface area contributed by atoms with Crippen molar-refractivity contribution in [1.82, 2.24) is 0 Å². The van der Waals surface area contributed by atoms with E-state index in [1.54, 1.807) is 0 Å². The van der Waals surface area contributed by atoms with Crippen molar-refractivity contribution in [2.45, 2.75) is 27.2 Å². The molecule has 0 spiro atoms. The summed E-state index contributed by atoms with van der Waals surface area (Å²) in [6, 6.07) is 0. The molecule has 1 heterocycles. The summed E-state index contributed by atoms with van der Waals surface area (Å²) in [5, 5.41) is 4.64. The lowest BCUT2D eigenvalue weighted by atomic mass is 9.96. The molecule has 1 rings (SSSR count). The molecule has 1 aromatic heterocycles. The molecule has 1 unspecified atom stereocenters. The molecule has 5 nitrogen and oxygen atoms in total. The molecule has 1 aromatic rings. The molecule has 0 saturated carbocycles. The predicted octanol–water partition coefficient (Wildman–Crippen LogP) is 2.40. The molecule has 6 heteroatoms. The summed E-state index contributed by atoms with van der Waals surface area (Å²) in [6.07, 6.45) is 0.721. The zero-order valence-electron chi connectivity index (χ0n) is 12.4. The van der Waals surface area contributed by atoms with Crippen LogP contribution in [0.1, 0.15) is 35.5 Å². The smallest absolute Gasteiger partial charge is 0.350 e. The van der Waals surface area contributed by atoms with Crippen LogP contribution in [0.5, 0.6) is 0 Å². The summed E-state index contributed by atoms with van der Waals surface area (Å²) in [6.45, 7) is 6.23. The third-order valence-corrected chi connectivity index (χ3v) is 4.08. The van der Waals surface area contributed by atoms with Gasteiger partial charge in [0.1, 0.15) is 4.88 Å². The summed E-state index contributed by atoms with van der Waals surface area (Å²) < 4.78 is 4.72. The number of nitrogens with two attached hydrogens (primary N) is 1. The number of hydrogen-bond donors (Lipinski definition) is 2. The number of methoxy groups -OCH3 is 1. The summed E-state index contributed by atoms with van der Waals surface area (Å²) in [7, 11) is 1.32. The fourth-order valence-corrected chi connectivity index (χ4v) is 2.87. The van der Waals surface area contributed by atoms with E-state index in [1.807, 2.05) is 26.2 Å². The maximum Gasteiger partial charge on any atom is 0.350 e. The van der Waals surface area contributed by atoms with Gasteiger partial charge in [-0.3, -0.25) is 4.79 Å². The van der Waals surface area contributed by atoms with E-state index in [0.29, 0.717) is 23.0 Å². The Hall–Kier alpha value is -1.40. The van der Waals surface area contributed by atoms with Gasteiger partial charge in [0.05, 0.1) is 18.7 Å². The summed E-state index contributed by atoms with van der Waals surface area (Å²) in [5.41, 5.74) is 7.05. The van der Waals surface area contributed by atoms with E-state index in [9.17, 15) is 9.59 Å². The Morgan fingerprint density at radius 2 is 2.10 bits per heavy atom. The topological polar surface area (TPSA) is 81.4 Å². The second kappa shape index (κ2) is 7.40. The molecule has 20 heavy (non-hydrogen) atoms. The standard InChI is InChI=1S/C14H22N2O3S/c1-8(2)5-10(6-15)13(17)16-11-9(3)7-20-12(11)14(18)19-4/h7-8,10H,5-6,15H2,1-4H3,(H,16,17). The van der Waals surface area contributed by atoms with Gasteiger partial charge in [-0.1, -0.05) is 13.8 Å². The van der Waals surface area contributed by atoms with Crippen molar-refractivity contribution in [1.29, 1.82) is 0 Å². The summed E-state index contributed by atoms with van der Waals surface area (Å²) in [5.74, 6) is -0.447. The van der Waals surface area contributed by atoms with E-state index in [4.69, 9.17) is 10.5 Å². The van der Waals surface area contributed by atoms with Crippen molar-refractivity contribution >= 4 is 28.9 Å². The molecule has 1 atom stereocenters. The van der Waals surface area contributed by atoms with Crippen molar-refractivity contribution < 1.29 is 14.3 Å². The van der Waals surface area contributed by atoms with Crippen LogP contribution in [0.25, 0.3) is 0 Å². The number of thiophene rings is 1. The minimum Gasteiger partial charge on any atom is -0.465 e. The molecule has 0 radical (unpaired) electrons. The number of aryl methyl sites for hydroxylation is 1. The first-order valence-electron chi connectivity index (χ1n) is 6.58. The van der Waals surface area contributed by atoms with Gasteiger partial charge in [0.25, 0.3) is 0 Å². The third-order valence-electron chi connectivity index (χ3n) is 3.01. The normalized spacial score (nSPS) is 12.3. The number of anilines is 1. The van der Waals surface area contributed by atoms with Crippen molar-refractivity contribution in [3.63, 3.8) is 0 Å². The Bertz CT molecular complexity index is 483. The third kappa shape index (κ3) is 4.05. The quantitative estimate of drug-likeness (QED) is 0.790. The van der Waals surface area contributed by atoms with Crippen molar-refractivity contribution in [3.05, 3.63) is 15.8 Å². The van der Waals surface area contributed by atoms with Crippen LogP contribution in [-0.4, -0.2) is 25.5 Å². The first kappa shape index (κ1) is 16.7. The lowest BCUT2D eigenvalue weighted by Crippen LogP contribution is -2.30. The first-order chi connectivity index (χ1) is 9.40. The van der Waals surface area contributed by atoms with Crippen LogP contribution in [0.2, 0.25) is 0 Å². The summed E-state index contributed by atoms with van der Waals surface area (Å²) in [4.78, 5) is 24.3. The molecule has 112 valence electrons. The van der Waals surface area contributed by atoms with Gasteiger partial charge >= 0.3 is 5.97 Å². The molecule has 3 N–H and O–H groups in total. The maximum absolute atomic E-state index is 12.3. The first-order valence-corrected chi connectivity index (χ1v) is 7.46. The van der Waals surface area contributed by atoms with Gasteiger partial charge in [0.2, 0.25) is 5.91 Å². The fraction of sp³-hybridized carbons (Fsp3) is 0.571. The van der Waals surface area contributed by atoms with Crippen LogP contribution >= 0.6 is 11.3 Å². The lowest BCUT2D eigenvalue weighted by molar-refractivity contribution is -0.120. The van der Waals surface area contributed by atoms with Gasteiger partial charge in [-0.05, 0) is 30.2 Å². The van der Waals surface area contributed by atoms with Crippen molar-refractivity contribution in [3.8, 4) is 0 Å². The maximum atomic E-state index is 12.3. The molecular weight excluding hydrogens is 276 g/mol. The van der Waals surface area contributed by atoms with Crippen LogP contribution in [-0.2, 0) is 9.53 Å². The van der Waals surface area contributed by atoms with E-state index >= 15 is 0 Å². The molecule has 0 saturated heterocycles. The number of esters is 1. The number of nitrogens with one attached hydrogen (secondary N) is 1. The van der Waals surface area contributed by atoms with Gasteiger partial charge in [-0.2, -0.15) is 0 Å². The highest BCUT2D eigenvalue weighted by Crippen LogP contribution is 2.29. The average molecular weight is 298 g/mol. The van der Waals surface area contributed by atoms with E-state index in [2.05, 4.69) is 5.32 Å². The Morgan fingerprint density at radius 1 is 1.45 bits per heavy atom. The monoisotopic (exact) mass is 298 g/mol. The van der Waals surface area contributed by atoms with E-state index in [1.165, 1.54) is 18.4 Å². The van der Waals surface area contributed by atoms with Gasteiger partial charge in [-0.25, -0.2) is 4.79 Å². The second-order valence-electron chi connectivity index (χ2n) is 5.17. The minimum absolute atomic E-state index is 0.146. The molecule has 0 aliphatic heterocycles. The fourth-order valence-electron chi connectivity index (χ4n) is 1.95. The molecule has 0 fully saturated rings. The molecule has 0 aromatic carbocycles. The van der Waals surface area contributed by atoms with Gasteiger partial charge in [-0.15, -0.1) is 11.3 Å². The van der Waals surface area contributed by atoms with E-state index < -0.39 is 5.97 Å². The van der Waals surface area contributed by atoms with E-state index in [-0.39, 0.29) is 11.8 Å².